The van der Waals surface area contributed by atoms with Gasteiger partial charge in [0.1, 0.15) is 0 Å². The summed E-state index contributed by atoms with van der Waals surface area (Å²) in [4.78, 5) is 3.32. The Morgan fingerprint density at radius 3 is 2.62 bits per heavy atom. The number of aromatic nitrogens is 1. The quantitative estimate of drug-likeness (QED) is 0.572. The first kappa shape index (κ1) is 10.5. The highest BCUT2D eigenvalue weighted by Crippen LogP contribution is 2.35. The number of halogens is 3. The zero-order chi connectivity index (χ0) is 11.3. The van der Waals surface area contributed by atoms with Crippen LogP contribution in [0.4, 0.5) is 0 Å². The summed E-state index contributed by atoms with van der Waals surface area (Å²) in [7, 11) is 0. The zero-order valence-electron chi connectivity index (χ0n) is 8.02. The minimum Gasteiger partial charge on any atom is -0.354 e. The van der Waals surface area contributed by atoms with Gasteiger partial charge in [-0.3, -0.25) is 0 Å². The molecule has 4 heteroatoms. The molecule has 16 heavy (non-hydrogen) atoms. The van der Waals surface area contributed by atoms with E-state index in [1.807, 2.05) is 30.3 Å². The SMILES string of the molecule is Clc1ccc2[nH]c3c(Br)c(Cl)ccc3c2c1. The third kappa shape index (κ3) is 1.45. The maximum Gasteiger partial charge on any atom is 0.0624 e. The number of aromatic amines is 1. The van der Waals surface area contributed by atoms with E-state index in [0.717, 1.165) is 31.3 Å². The van der Waals surface area contributed by atoms with Gasteiger partial charge in [0, 0.05) is 21.3 Å². The molecule has 0 unspecified atom stereocenters. The van der Waals surface area contributed by atoms with Crippen LogP contribution in [-0.4, -0.2) is 4.98 Å². The third-order valence-corrected chi connectivity index (χ3v) is 4.23. The molecule has 80 valence electrons. The van der Waals surface area contributed by atoms with Crippen LogP contribution < -0.4 is 0 Å². The predicted octanol–water partition coefficient (Wildman–Crippen LogP) is 5.39. The summed E-state index contributed by atoms with van der Waals surface area (Å²) in [6.07, 6.45) is 0. The zero-order valence-corrected chi connectivity index (χ0v) is 11.1. The lowest BCUT2D eigenvalue weighted by Crippen LogP contribution is -1.72. The monoisotopic (exact) mass is 313 g/mol. The van der Waals surface area contributed by atoms with Crippen molar-refractivity contribution >= 4 is 60.9 Å². The molecule has 2 aromatic carbocycles. The largest absolute Gasteiger partial charge is 0.354 e. The van der Waals surface area contributed by atoms with Gasteiger partial charge >= 0.3 is 0 Å². The van der Waals surface area contributed by atoms with Gasteiger partial charge < -0.3 is 4.98 Å². The van der Waals surface area contributed by atoms with Crippen LogP contribution >= 0.6 is 39.1 Å². The summed E-state index contributed by atoms with van der Waals surface area (Å²) in [5.41, 5.74) is 2.06. The molecule has 0 radical (unpaired) electrons. The fourth-order valence-electron chi connectivity index (χ4n) is 1.88. The highest BCUT2D eigenvalue weighted by molar-refractivity contribution is 9.10. The minimum atomic E-state index is 0.699. The van der Waals surface area contributed by atoms with Crippen LogP contribution in [0.3, 0.4) is 0 Å². The lowest BCUT2D eigenvalue weighted by atomic mass is 10.1. The van der Waals surface area contributed by atoms with Gasteiger partial charge in [-0.15, -0.1) is 0 Å². The normalized spacial score (nSPS) is 11.4. The van der Waals surface area contributed by atoms with Gasteiger partial charge in [-0.2, -0.15) is 0 Å². The fraction of sp³-hybridized carbons (Fsp3) is 0. The van der Waals surface area contributed by atoms with Crippen molar-refractivity contribution in [2.24, 2.45) is 0 Å². The summed E-state index contributed by atoms with van der Waals surface area (Å²) in [5, 5.41) is 3.67. The van der Waals surface area contributed by atoms with Crippen molar-refractivity contribution in [3.63, 3.8) is 0 Å². The standard InChI is InChI=1S/C12H6BrCl2N/c13-11-9(15)3-2-7-8-5-6(14)1-4-10(8)16-12(7)11/h1-5,16H. The summed E-state index contributed by atoms with van der Waals surface area (Å²) in [6, 6.07) is 9.67. The van der Waals surface area contributed by atoms with E-state index in [0.29, 0.717) is 5.02 Å². The number of benzene rings is 2. The van der Waals surface area contributed by atoms with E-state index in [9.17, 15) is 0 Å². The molecular weight excluding hydrogens is 309 g/mol. The van der Waals surface area contributed by atoms with Crippen LogP contribution in [0, 0.1) is 0 Å². The molecule has 0 bridgehead atoms. The number of hydrogen-bond acceptors (Lipinski definition) is 0. The fourth-order valence-corrected chi connectivity index (χ4v) is 2.65. The number of nitrogens with one attached hydrogen (secondary N) is 1. The Hall–Kier alpha value is -0.700. The molecule has 0 spiro atoms. The second-order valence-electron chi connectivity index (χ2n) is 3.60. The number of fused-ring (bicyclic) bond motifs is 3. The van der Waals surface area contributed by atoms with Crippen molar-refractivity contribution < 1.29 is 0 Å². The molecule has 0 fully saturated rings. The Kier molecular flexibility index (Phi) is 2.39. The molecule has 1 aromatic heterocycles. The van der Waals surface area contributed by atoms with E-state index in [1.165, 1.54) is 0 Å². The van der Waals surface area contributed by atoms with Crippen LogP contribution in [0.2, 0.25) is 10.0 Å². The molecule has 1 nitrogen and oxygen atoms in total. The lowest BCUT2D eigenvalue weighted by Gasteiger charge is -1.97. The van der Waals surface area contributed by atoms with Gasteiger partial charge in [0.05, 0.1) is 15.0 Å². The van der Waals surface area contributed by atoms with Gasteiger partial charge in [0.15, 0.2) is 0 Å². The Labute approximate surface area is 110 Å². The Balaban J connectivity index is 2.56. The van der Waals surface area contributed by atoms with Crippen LogP contribution in [0.1, 0.15) is 0 Å². The smallest absolute Gasteiger partial charge is 0.0624 e. The molecule has 1 N–H and O–H groups in total. The highest BCUT2D eigenvalue weighted by Gasteiger charge is 2.09. The first-order valence-corrected chi connectivity index (χ1v) is 6.26. The van der Waals surface area contributed by atoms with Crippen molar-refractivity contribution in [2.75, 3.05) is 0 Å². The molecule has 3 aromatic rings. The Bertz CT molecular complexity index is 703. The van der Waals surface area contributed by atoms with Gasteiger partial charge in [-0.05, 0) is 40.2 Å². The van der Waals surface area contributed by atoms with E-state index in [4.69, 9.17) is 23.2 Å². The van der Waals surface area contributed by atoms with Crippen molar-refractivity contribution in [3.05, 3.63) is 44.8 Å². The van der Waals surface area contributed by atoms with Gasteiger partial charge in [-0.25, -0.2) is 0 Å². The predicted molar refractivity (Wildman–Crippen MR) is 73.5 cm³/mol. The van der Waals surface area contributed by atoms with E-state index in [2.05, 4.69) is 20.9 Å². The lowest BCUT2D eigenvalue weighted by molar-refractivity contribution is 1.53. The van der Waals surface area contributed by atoms with Crippen LogP contribution in [0.15, 0.2) is 34.8 Å². The Morgan fingerprint density at radius 1 is 1.00 bits per heavy atom. The summed E-state index contributed by atoms with van der Waals surface area (Å²) < 4.78 is 0.888. The first-order valence-electron chi connectivity index (χ1n) is 4.72. The van der Waals surface area contributed by atoms with Crippen molar-refractivity contribution in [1.29, 1.82) is 0 Å². The first-order chi connectivity index (χ1) is 7.66. The molecule has 0 aliphatic heterocycles. The molecule has 1 heterocycles. The molecule has 0 saturated carbocycles. The average molecular weight is 315 g/mol. The Morgan fingerprint density at radius 2 is 1.81 bits per heavy atom. The van der Waals surface area contributed by atoms with Gasteiger partial charge in [-0.1, -0.05) is 29.3 Å². The second kappa shape index (κ2) is 3.66. The molecule has 0 saturated heterocycles. The molecule has 3 rings (SSSR count). The average Bonchev–Trinajstić information content (AvgIpc) is 2.62. The minimum absolute atomic E-state index is 0.699. The van der Waals surface area contributed by atoms with Crippen LogP contribution in [0.5, 0.6) is 0 Å². The second-order valence-corrected chi connectivity index (χ2v) is 5.24. The van der Waals surface area contributed by atoms with Crippen LogP contribution in [0.25, 0.3) is 21.8 Å². The van der Waals surface area contributed by atoms with E-state index >= 15 is 0 Å². The van der Waals surface area contributed by atoms with E-state index in [-0.39, 0.29) is 0 Å². The topological polar surface area (TPSA) is 15.8 Å². The number of hydrogen-bond donors (Lipinski definition) is 1. The van der Waals surface area contributed by atoms with Crippen molar-refractivity contribution in [3.8, 4) is 0 Å². The van der Waals surface area contributed by atoms with E-state index in [1.54, 1.807) is 0 Å². The number of rotatable bonds is 0. The molecule has 0 atom stereocenters. The highest BCUT2D eigenvalue weighted by atomic mass is 79.9. The van der Waals surface area contributed by atoms with Crippen molar-refractivity contribution in [2.45, 2.75) is 0 Å². The maximum absolute atomic E-state index is 6.05. The summed E-state index contributed by atoms with van der Waals surface area (Å²) in [6.45, 7) is 0. The van der Waals surface area contributed by atoms with E-state index < -0.39 is 0 Å². The molecule has 0 amide bonds. The number of H-pyrrole nitrogens is 1. The summed E-state index contributed by atoms with van der Waals surface area (Å²) >= 11 is 15.5. The van der Waals surface area contributed by atoms with Gasteiger partial charge in [0.2, 0.25) is 0 Å². The third-order valence-electron chi connectivity index (χ3n) is 2.63. The van der Waals surface area contributed by atoms with Crippen molar-refractivity contribution in [1.82, 2.24) is 4.98 Å². The molecule has 0 aliphatic carbocycles. The molecular formula is C12H6BrCl2N. The van der Waals surface area contributed by atoms with Crippen LogP contribution in [-0.2, 0) is 0 Å². The van der Waals surface area contributed by atoms with Gasteiger partial charge in [0.25, 0.3) is 0 Å². The maximum atomic E-state index is 6.05. The summed E-state index contributed by atoms with van der Waals surface area (Å²) in [5.74, 6) is 0. The molecule has 0 aliphatic rings.